The van der Waals surface area contributed by atoms with E-state index in [-0.39, 0.29) is 0 Å². The first-order valence-corrected chi connectivity index (χ1v) is 8.58. The molecular formula is C20H17Cl. The minimum absolute atomic E-state index is 0.291. The maximum atomic E-state index is 6.38. The molecule has 4 aliphatic rings. The number of rotatable bonds is 0. The molecule has 0 heterocycles. The third-order valence-electron chi connectivity index (χ3n) is 7.02. The summed E-state index contributed by atoms with van der Waals surface area (Å²) in [5, 5.41) is 0.899. The molecule has 5 atom stereocenters. The minimum atomic E-state index is 0.291. The van der Waals surface area contributed by atoms with Gasteiger partial charge in [0.2, 0.25) is 0 Å². The quantitative estimate of drug-likeness (QED) is 0.619. The van der Waals surface area contributed by atoms with Crippen LogP contribution in [0.1, 0.15) is 30.4 Å². The summed E-state index contributed by atoms with van der Waals surface area (Å²) in [5.41, 5.74) is 6.34. The number of hydrogen-bond acceptors (Lipinski definition) is 0. The van der Waals surface area contributed by atoms with Crippen molar-refractivity contribution < 1.29 is 0 Å². The van der Waals surface area contributed by atoms with Gasteiger partial charge in [0.15, 0.2) is 0 Å². The molecule has 0 nitrogen and oxygen atoms in total. The maximum absolute atomic E-state index is 6.38. The van der Waals surface area contributed by atoms with E-state index >= 15 is 0 Å². The van der Waals surface area contributed by atoms with Crippen LogP contribution in [0.25, 0.3) is 11.1 Å². The molecule has 0 bridgehead atoms. The lowest BCUT2D eigenvalue weighted by molar-refractivity contribution is 0.350. The molecule has 0 aromatic heterocycles. The second-order valence-corrected chi connectivity index (χ2v) is 7.94. The van der Waals surface area contributed by atoms with Crippen LogP contribution in [0.3, 0.4) is 0 Å². The normalized spacial score (nSPS) is 40.2. The Bertz CT molecular complexity index is 792. The van der Waals surface area contributed by atoms with Gasteiger partial charge in [0, 0.05) is 10.4 Å². The van der Waals surface area contributed by atoms with E-state index in [2.05, 4.69) is 42.5 Å². The summed E-state index contributed by atoms with van der Waals surface area (Å²) in [6, 6.07) is 15.7. The van der Waals surface area contributed by atoms with Crippen molar-refractivity contribution >= 4 is 11.6 Å². The van der Waals surface area contributed by atoms with E-state index in [1.807, 2.05) is 0 Å². The van der Waals surface area contributed by atoms with Gasteiger partial charge in [0.1, 0.15) is 0 Å². The molecule has 4 aliphatic carbocycles. The third kappa shape index (κ3) is 1.11. The van der Waals surface area contributed by atoms with E-state index in [1.165, 1.54) is 36.0 Å². The first-order valence-electron chi connectivity index (χ1n) is 8.20. The second-order valence-electron chi connectivity index (χ2n) is 7.50. The fraction of sp³-hybridized carbons (Fsp3) is 0.400. The largest absolute Gasteiger partial charge is 0.0843 e. The lowest BCUT2D eigenvalue weighted by atomic mass is 9.68. The van der Waals surface area contributed by atoms with Crippen LogP contribution in [-0.2, 0) is 5.41 Å². The van der Waals surface area contributed by atoms with E-state index < -0.39 is 0 Å². The smallest absolute Gasteiger partial charge is 0.0409 e. The molecule has 0 amide bonds. The highest BCUT2D eigenvalue weighted by molar-refractivity contribution is 6.30. The Balaban J connectivity index is 1.70. The van der Waals surface area contributed by atoms with Crippen molar-refractivity contribution in [3.63, 3.8) is 0 Å². The summed E-state index contributed by atoms with van der Waals surface area (Å²) in [7, 11) is 0. The van der Waals surface area contributed by atoms with E-state index in [0.717, 1.165) is 28.7 Å². The zero-order chi connectivity index (χ0) is 13.8. The third-order valence-corrected chi connectivity index (χ3v) is 7.26. The van der Waals surface area contributed by atoms with E-state index in [9.17, 15) is 0 Å². The predicted octanol–water partition coefficient (Wildman–Crippen LogP) is 5.28. The molecule has 21 heavy (non-hydrogen) atoms. The molecule has 104 valence electrons. The molecular weight excluding hydrogens is 276 g/mol. The van der Waals surface area contributed by atoms with Gasteiger partial charge in [-0.25, -0.2) is 0 Å². The Kier molecular flexibility index (Phi) is 1.82. The number of hydrogen-bond donors (Lipinski definition) is 0. The summed E-state index contributed by atoms with van der Waals surface area (Å²) in [5.74, 6) is 3.95. The Labute approximate surface area is 130 Å². The Morgan fingerprint density at radius 1 is 0.905 bits per heavy atom. The maximum Gasteiger partial charge on any atom is 0.0409 e. The van der Waals surface area contributed by atoms with Crippen LogP contribution in [0.2, 0.25) is 5.02 Å². The minimum Gasteiger partial charge on any atom is -0.0843 e. The highest BCUT2D eigenvalue weighted by Crippen LogP contribution is 2.77. The molecule has 3 saturated carbocycles. The highest BCUT2D eigenvalue weighted by Gasteiger charge is 2.72. The topological polar surface area (TPSA) is 0 Å². The van der Waals surface area contributed by atoms with Crippen LogP contribution in [0, 0.1) is 23.7 Å². The Hall–Kier alpha value is -1.27. The molecule has 3 fully saturated rings. The van der Waals surface area contributed by atoms with Gasteiger partial charge in [-0.05, 0) is 77.3 Å². The summed E-state index contributed by atoms with van der Waals surface area (Å²) < 4.78 is 0. The predicted molar refractivity (Wildman–Crippen MR) is 85.5 cm³/mol. The average molecular weight is 293 g/mol. The van der Waals surface area contributed by atoms with Crippen LogP contribution in [0.15, 0.2) is 42.5 Å². The van der Waals surface area contributed by atoms with Crippen LogP contribution in [0.5, 0.6) is 0 Å². The molecule has 2 aromatic rings. The SMILES string of the molecule is Clc1ccc2c(c1)C1(CC3C4CCC1C43)c1ccccc1-2. The van der Waals surface area contributed by atoms with E-state index in [4.69, 9.17) is 11.6 Å². The Morgan fingerprint density at radius 3 is 2.67 bits per heavy atom. The highest BCUT2D eigenvalue weighted by atomic mass is 35.5. The van der Waals surface area contributed by atoms with Gasteiger partial charge >= 0.3 is 0 Å². The fourth-order valence-corrected chi connectivity index (χ4v) is 6.59. The summed E-state index contributed by atoms with van der Waals surface area (Å²) >= 11 is 6.38. The lowest BCUT2D eigenvalue weighted by Gasteiger charge is -2.34. The van der Waals surface area contributed by atoms with Crippen LogP contribution in [0.4, 0.5) is 0 Å². The van der Waals surface area contributed by atoms with E-state index in [0.29, 0.717) is 5.41 Å². The first-order chi connectivity index (χ1) is 10.3. The van der Waals surface area contributed by atoms with Crippen molar-refractivity contribution in [2.45, 2.75) is 24.7 Å². The zero-order valence-electron chi connectivity index (χ0n) is 11.9. The summed E-state index contributed by atoms with van der Waals surface area (Å²) in [4.78, 5) is 0. The fourth-order valence-electron chi connectivity index (χ4n) is 6.42. The zero-order valence-corrected chi connectivity index (χ0v) is 12.6. The van der Waals surface area contributed by atoms with Gasteiger partial charge in [-0.2, -0.15) is 0 Å². The average Bonchev–Trinajstić information content (AvgIpc) is 2.82. The van der Waals surface area contributed by atoms with Gasteiger partial charge in [-0.1, -0.05) is 41.9 Å². The second kappa shape index (κ2) is 3.38. The van der Waals surface area contributed by atoms with E-state index in [1.54, 1.807) is 5.56 Å². The van der Waals surface area contributed by atoms with Crippen LogP contribution in [-0.4, -0.2) is 0 Å². The number of halogens is 1. The monoisotopic (exact) mass is 292 g/mol. The number of benzene rings is 2. The molecule has 0 N–H and O–H groups in total. The van der Waals surface area contributed by atoms with Crippen molar-refractivity contribution in [1.29, 1.82) is 0 Å². The van der Waals surface area contributed by atoms with Crippen molar-refractivity contribution in [3.05, 3.63) is 58.6 Å². The van der Waals surface area contributed by atoms with Crippen molar-refractivity contribution in [2.24, 2.45) is 23.7 Å². The Morgan fingerprint density at radius 2 is 1.76 bits per heavy atom. The van der Waals surface area contributed by atoms with Gasteiger partial charge in [0.25, 0.3) is 0 Å². The summed E-state index contributed by atoms with van der Waals surface area (Å²) in [6.07, 6.45) is 4.27. The summed E-state index contributed by atoms with van der Waals surface area (Å²) in [6.45, 7) is 0. The molecule has 1 spiro atoms. The molecule has 5 unspecified atom stereocenters. The molecule has 6 rings (SSSR count). The molecule has 0 saturated heterocycles. The van der Waals surface area contributed by atoms with Gasteiger partial charge in [-0.3, -0.25) is 0 Å². The van der Waals surface area contributed by atoms with Crippen molar-refractivity contribution in [1.82, 2.24) is 0 Å². The van der Waals surface area contributed by atoms with Crippen LogP contribution < -0.4 is 0 Å². The van der Waals surface area contributed by atoms with Crippen LogP contribution >= 0.6 is 11.6 Å². The number of fused-ring (bicyclic) bond motifs is 7. The van der Waals surface area contributed by atoms with Crippen molar-refractivity contribution in [3.8, 4) is 11.1 Å². The molecule has 0 radical (unpaired) electrons. The molecule has 1 heteroatoms. The first kappa shape index (κ1) is 11.3. The molecule has 2 aromatic carbocycles. The lowest BCUT2D eigenvalue weighted by Crippen LogP contribution is -2.31. The van der Waals surface area contributed by atoms with Gasteiger partial charge < -0.3 is 0 Å². The van der Waals surface area contributed by atoms with Gasteiger partial charge in [0.05, 0.1) is 0 Å². The molecule has 0 aliphatic heterocycles. The standard InChI is InChI=1S/C20H17Cl/c21-11-5-6-13-12-3-1-2-4-16(12)20(18(13)9-11)10-15-14-7-8-17(20)19(14)15/h1-6,9,14-15,17,19H,7-8,10H2. The van der Waals surface area contributed by atoms with Gasteiger partial charge in [-0.15, -0.1) is 0 Å². The van der Waals surface area contributed by atoms with Crippen molar-refractivity contribution in [2.75, 3.05) is 0 Å².